The Morgan fingerprint density at radius 1 is 1.28 bits per heavy atom. The summed E-state index contributed by atoms with van der Waals surface area (Å²) < 4.78 is 18.5. The summed E-state index contributed by atoms with van der Waals surface area (Å²) in [6, 6.07) is 7.04. The van der Waals surface area contributed by atoms with E-state index in [9.17, 15) is 9.18 Å². The number of benzene rings is 1. The zero-order valence-corrected chi connectivity index (χ0v) is 15.7. The van der Waals surface area contributed by atoms with Gasteiger partial charge in [-0.05, 0) is 37.0 Å². The van der Waals surface area contributed by atoms with E-state index in [0.29, 0.717) is 31.6 Å². The van der Waals surface area contributed by atoms with Gasteiger partial charge >= 0.3 is 0 Å². The van der Waals surface area contributed by atoms with Crippen molar-refractivity contribution in [2.45, 2.75) is 46.2 Å². The molecule has 1 fully saturated rings. The number of carbonyl (C=O) groups is 1. The maximum Gasteiger partial charge on any atom is 0.224 e. The van der Waals surface area contributed by atoms with Crippen molar-refractivity contribution in [1.29, 1.82) is 0 Å². The zero-order valence-electron chi connectivity index (χ0n) is 15.7. The van der Waals surface area contributed by atoms with Crippen molar-refractivity contribution < 1.29 is 13.9 Å². The normalized spacial score (nSPS) is 19.2. The lowest BCUT2D eigenvalue weighted by atomic mass is 10.0. The van der Waals surface area contributed by atoms with Gasteiger partial charge in [-0.2, -0.15) is 0 Å². The van der Waals surface area contributed by atoms with Crippen LogP contribution in [0.25, 0.3) is 0 Å². The van der Waals surface area contributed by atoms with Crippen molar-refractivity contribution in [2.24, 2.45) is 5.92 Å². The van der Waals surface area contributed by atoms with Gasteiger partial charge in [-0.25, -0.2) is 4.39 Å². The van der Waals surface area contributed by atoms with Crippen LogP contribution in [0.4, 0.5) is 4.39 Å². The first kappa shape index (κ1) is 19.9. The highest BCUT2D eigenvalue weighted by molar-refractivity contribution is 5.76. The first-order valence-corrected chi connectivity index (χ1v) is 9.35. The largest absolute Gasteiger partial charge is 0.381 e. The summed E-state index contributed by atoms with van der Waals surface area (Å²) in [5, 5.41) is 0. The molecule has 0 aliphatic carbocycles. The molecule has 0 radical (unpaired) electrons. The van der Waals surface area contributed by atoms with E-state index < -0.39 is 0 Å². The smallest absolute Gasteiger partial charge is 0.224 e. The Morgan fingerprint density at radius 2 is 2.00 bits per heavy atom. The van der Waals surface area contributed by atoms with Crippen LogP contribution in [0.5, 0.6) is 0 Å². The van der Waals surface area contributed by atoms with Gasteiger partial charge in [-0.15, -0.1) is 0 Å². The van der Waals surface area contributed by atoms with Gasteiger partial charge in [0.05, 0.1) is 13.0 Å². The third-order valence-corrected chi connectivity index (χ3v) is 4.84. The maximum atomic E-state index is 13.1. The van der Waals surface area contributed by atoms with Crippen molar-refractivity contribution in [3.05, 3.63) is 35.6 Å². The van der Waals surface area contributed by atoms with Gasteiger partial charge in [0.2, 0.25) is 5.91 Å². The molecule has 0 aromatic heterocycles. The standard InChI is InChI=1S/C20H31FN2O2/c1-4-25-13-10-20(24)23-12-5-11-22(19(15-23)16(2)3)14-17-6-8-18(21)9-7-17/h6-9,16,19H,4-5,10-15H2,1-3H3. The van der Waals surface area contributed by atoms with Crippen molar-refractivity contribution in [2.75, 3.05) is 32.8 Å². The van der Waals surface area contributed by atoms with Crippen molar-refractivity contribution in [1.82, 2.24) is 9.80 Å². The molecule has 1 aromatic rings. The molecule has 1 aromatic carbocycles. The molecule has 140 valence electrons. The van der Waals surface area contributed by atoms with Crippen LogP contribution in [0, 0.1) is 11.7 Å². The number of rotatable bonds is 7. The zero-order chi connectivity index (χ0) is 18.2. The second-order valence-corrected chi connectivity index (χ2v) is 7.05. The number of hydrogen-bond acceptors (Lipinski definition) is 3. The van der Waals surface area contributed by atoms with E-state index in [0.717, 1.165) is 38.2 Å². The molecule has 1 amide bonds. The van der Waals surface area contributed by atoms with Crippen molar-refractivity contribution in [3.63, 3.8) is 0 Å². The number of hydrogen-bond donors (Lipinski definition) is 0. The van der Waals surface area contributed by atoms with Gasteiger partial charge in [0.25, 0.3) is 0 Å². The monoisotopic (exact) mass is 350 g/mol. The van der Waals surface area contributed by atoms with E-state index in [1.165, 1.54) is 12.1 Å². The molecule has 4 nitrogen and oxygen atoms in total. The SMILES string of the molecule is CCOCCC(=O)N1CCCN(Cc2ccc(F)cc2)C(C(C)C)C1. The molecule has 0 spiro atoms. The Hall–Kier alpha value is -1.46. The summed E-state index contributed by atoms with van der Waals surface area (Å²) in [6.07, 6.45) is 1.42. The van der Waals surface area contributed by atoms with Crippen LogP contribution in [0.1, 0.15) is 39.2 Å². The minimum Gasteiger partial charge on any atom is -0.381 e. The maximum absolute atomic E-state index is 13.1. The first-order valence-electron chi connectivity index (χ1n) is 9.35. The van der Waals surface area contributed by atoms with Crippen LogP contribution in [-0.4, -0.2) is 54.6 Å². The average Bonchev–Trinajstić information content (AvgIpc) is 2.80. The first-order chi connectivity index (χ1) is 12.0. The summed E-state index contributed by atoms with van der Waals surface area (Å²) in [5.41, 5.74) is 1.11. The van der Waals surface area contributed by atoms with Gasteiger partial charge in [-0.1, -0.05) is 26.0 Å². The minimum atomic E-state index is -0.203. The fraction of sp³-hybridized carbons (Fsp3) is 0.650. The second kappa shape index (κ2) is 9.88. The van der Waals surface area contributed by atoms with Crippen LogP contribution >= 0.6 is 0 Å². The topological polar surface area (TPSA) is 32.8 Å². The Morgan fingerprint density at radius 3 is 2.64 bits per heavy atom. The summed E-state index contributed by atoms with van der Waals surface area (Å²) in [7, 11) is 0. The van der Waals surface area contributed by atoms with Gasteiger partial charge in [-0.3, -0.25) is 9.69 Å². The highest BCUT2D eigenvalue weighted by atomic mass is 19.1. The molecular weight excluding hydrogens is 319 g/mol. The van der Waals surface area contributed by atoms with Gasteiger partial charge < -0.3 is 9.64 Å². The summed E-state index contributed by atoms with van der Waals surface area (Å²) >= 11 is 0. The second-order valence-electron chi connectivity index (χ2n) is 7.05. The molecule has 1 heterocycles. The average molecular weight is 350 g/mol. The predicted octanol–water partition coefficient (Wildman–Crippen LogP) is 3.31. The summed E-state index contributed by atoms with van der Waals surface area (Å²) in [6.45, 7) is 10.8. The van der Waals surface area contributed by atoms with E-state index >= 15 is 0 Å². The third-order valence-electron chi connectivity index (χ3n) is 4.84. The summed E-state index contributed by atoms with van der Waals surface area (Å²) in [4.78, 5) is 16.9. The fourth-order valence-corrected chi connectivity index (χ4v) is 3.40. The molecule has 0 bridgehead atoms. The quantitative estimate of drug-likeness (QED) is 0.707. The molecule has 1 unspecified atom stereocenters. The Labute approximate surface area is 150 Å². The molecule has 1 atom stereocenters. The number of amides is 1. The van der Waals surface area contributed by atoms with Crippen molar-refractivity contribution >= 4 is 5.91 Å². The van der Waals surface area contributed by atoms with E-state index in [1.807, 2.05) is 24.0 Å². The van der Waals surface area contributed by atoms with Crippen LogP contribution in [-0.2, 0) is 16.1 Å². The third kappa shape index (κ3) is 6.08. The molecule has 25 heavy (non-hydrogen) atoms. The lowest BCUT2D eigenvalue weighted by Gasteiger charge is -2.34. The van der Waals surface area contributed by atoms with Gasteiger partial charge in [0.1, 0.15) is 5.82 Å². The minimum absolute atomic E-state index is 0.183. The van der Waals surface area contributed by atoms with Crippen LogP contribution < -0.4 is 0 Å². The van der Waals surface area contributed by atoms with Crippen LogP contribution in [0.15, 0.2) is 24.3 Å². The highest BCUT2D eigenvalue weighted by Gasteiger charge is 2.29. The molecule has 2 rings (SSSR count). The number of halogens is 1. The predicted molar refractivity (Wildman–Crippen MR) is 97.7 cm³/mol. The fourth-order valence-electron chi connectivity index (χ4n) is 3.40. The van der Waals surface area contributed by atoms with E-state index in [2.05, 4.69) is 18.7 Å². The number of ether oxygens (including phenoxy) is 1. The molecule has 0 saturated carbocycles. The van der Waals surface area contributed by atoms with E-state index in [1.54, 1.807) is 0 Å². The van der Waals surface area contributed by atoms with E-state index in [-0.39, 0.29) is 11.7 Å². The molecule has 5 heteroatoms. The van der Waals surface area contributed by atoms with Crippen LogP contribution in [0.2, 0.25) is 0 Å². The molecule has 1 aliphatic rings. The lowest BCUT2D eigenvalue weighted by molar-refractivity contribution is -0.132. The Balaban J connectivity index is 2.01. The molecular formula is C20H31FN2O2. The van der Waals surface area contributed by atoms with E-state index in [4.69, 9.17) is 4.74 Å². The van der Waals surface area contributed by atoms with Crippen LogP contribution in [0.3, 0.4) is 0 Å². The molecule has 1 aliphatic heterocycles. The van der Waals surface area contributed by atoms with Gasteiger partial charge in [0, 0.05) is 38.8 Å². The lowest BCUT2D eigenvalue weighted by Crippen LogP contribution is -2.45. The Kier molecular flexibility index (Phi) is 7.85. The molecule has 0 N–H and O–H groups in total. The van der Waals surface area contributed by atoms with Crippen molar-refractivity contribution in [3.8, 4) is 0 Å². The molecule has 1 saturated heterocycles. The number of carbonyl (C=O) groups excluding carboxylic acids is 1. The highest BCUT2D eigenvalue weighted by Crippen LogP contribution is 2.20. The van der Waals surface area contributed by atoms with Gasteiger partial charge in [0.15, 0.2) is 0 Å². The number of nitrogens with zero attached hydrogens (tertiary/aromatic N) is 2. The summed E-state index contributed by atoms with van der Waals surface area (Å²) in [5.74, 6) is 0.426. The Bertz CT molecular complexity index is 533.